The molecule has 1 aliphatic rings. The van der Waals surface area contributed by atoms with Crippen LogP contribution in [0.5, 0.6) is 0 Å². The Hall–Kier alpha value is -1.68. The van der Waals surface area contributed by atoms with Gasteiger partial charge in [0.15, 0.2) is 0 Å². The number of hydrogen-bond donors (Lipinski definition) is 2. The molecule has 1 aromatic carbocycles. The SMILES string of the molecule is C/C(=N\NC(=O)C1CCCN1)c1ccccc1. The van der Waals surface area contributed by atoms with E-state index in [1.807, 2.05) is 37.3 Å². The van der Waals surface area contributed by atoms with Crippen molar-refractivity contribution in [2.45, 2.75) is 25.8 Å². The highest BCUT2D eigenvalue weighted by atomic mass is 16.2. The van der Waals surface area contributed by atoms with Gasteiger partial charge in [-0.2, -0.15) is 5.10 Å². The second-order valence-electron chi connectivity index (χ2n) is 4.19. The number of carbonyl (C=O) groups excluding carboxylic acids is 1. The Morgan fingerprint density at radius 3 is 2.82 bits per heavy atom. The molecule has 1 aromatic rings. The van der Waals surface area contributed by atoms with Crippen molar-refractivity contribution in [1.29, 1.82) is 0 Å². The van der Waals surface area contributed by atoms with Crippen LogP contribution < -0.4 is 10.7 Å². The first-order valence-corrected chi connectivity index (χ1v) is 5.90. The molecule has 0 aromatic heterocycles. The topological polar surface area (TPSA) is 53.5 Å². The number of rotatable bonds is 3. The van der Waals surface area contributed by atoms with E-state index in [4.69, 9.17) is 0 Å². The number of nitrogens with one attached hydrogen (secondary N) is 2. The Morgan fingerprint density at radius 1 is 1.41 bits per heavy atom. The number of hydrazone groups is 1. The zero-order chi connectivity index (χ0) is 12.1. The zero-order valence-electron chi connectivity index (χ0n) is 9.94. The Kier molecular flexibility index (Phi) is 3.88. The summed E-state index contributed by atoms with van der Waals surface area (Å²) in [6, 6.07) is 9.72. The van der Waals surface area contributed by atoms with Gasteiger partial charge in [-0.1, -0.05) is 30.3 Å². The number of benzene rings is 1. The average Bonchev–Trinajstić information content (AvgIpc) is 2.90. The van der Waals surface area contributed by atoms with Gasteiger partial charge in [0.2, 0.25) is 0 Å². The molecule has 0 radical (unpaired) electrons. The van der Waals surface area contributed by atoms with Crippen molar-refractivity contribution in [3.63, 3.8) is 0 Å². The number of amides is 1. The molecule has 1 saturated heterocycles. The molecule has 17 heavy (non-hydrogen) atoms. The minimum atomic E-state index is -0.0812. The van der Waals surface area contributed by atoms with Crippen LogP contribution >= 0.6 is 0 Å². The van der Waals surface area contributed by atoms with Crippen molar-refractivity contribution in [2.24, 2.45) is 5.10 Å². The standard InChI is InChI=1S/C13H17N3O/c1-10(11-6-3-2-4-7-11)15-16-13(17)12-8-5-9-14-12/h2-4,6-7,12,14H,5,8-9H2,1H3,(H,16,17)/b15-10+. The van der Waals surface area contributed by atoms with Crippen LogP contribution in [0.2, 0.25) is 0 Å². The molecule has 1 atom stereocenters. The van der Waals surface area contributed by atoms with Gasteiger partial charge in [-0.25, -0.2) is 5.43 Å². The molecule has 1 unspecified atom stereocenters. The van der Waals surface area contributed by atoms with E-state index < -0.39 is 0 Å². The normalized spacial score (nSPS) is 20.3. The summed E-state index contributed by atoms with van der Waals surface area (Å²) in [5, 5.41) is 7.25. The Balaban J connectivity index is 1.94. The van der Waals surface area contributed by atoms with Crippen molar-refractivity contribution >= 4 is 11.6 Å². The largest absolute Gasteiger partial charge is 0.306 e. The molecule has 90 valence electrons. The van der Waals surface area contributed by atoms with Crippen molar-refractivity contribution in [3.8, 4) is 0 Å². The molecule has 1 aliphatic heterocycles. The quantitative estimate of drug-likeness (QED) is 0.608. The third-order valence-electron chi connectivity index (χ3n) is 2.90. The molecule has 2 rings (SSSR count). The van der Waals surface area contributed by atoms with Crippen molar-refractivity contribution in [3.05, 3.63) is 35.9 Å². The van der Waals surface area contributed by atoms with E-state index >= 15 is 0 Å². The van der Waals surface area contributed by atoms with Gasteiger partial charge >= 0.3 is 0 Å². The second-order valence-corrected chi connectivity index (χ2v) is 4.19. The fraction of sp³-hybridized carbons (Fsp3) is 0.385. The first kappa shape index (κ1) is 11.8. The maximum absolute atomic E-state index is 11.7. The molecule has 1 fully saturated rings. The number of nitrogens with zero attached hydrogens (tertiary/aromatic N) is 1. The van der Waals surface area contributed by atoms with Gasteiger partial charge in [-0.05, 0) is 31.9 Å². The Morgan fingerprint density at radius 2 is 2.18 bits per heavy atom. The smallest absolute Gasteiger partial charge is 0.257 e. The molecule has 1 amide bonds. The summed E-state index contributed by atoms with van der Waals surface area (Å²) in [5.74, 6) is -0.0437. The fourth-order valence-corrected chi connectivity index (χ4v) is 1.87. The van der Waals surface area contributed by atoms with Crippen LogP contribution in [-0.2, 0) is 4.79 Å². The number of carbonyl (C=O) groups is 1. The van der Waals surface area contributed by atoms with Gasteiger partial charge in [-0.15, -0.1) is 0 Å². The van der Waals surface area contributed by atoms with Crippen molar-refractivity contribution in [1.82, 2.24) is 10.7 Å². The highest BCUT2D eigenvalue weighted by molar-refractivity contribution is 5.99. The first-order chi connectivity index (χ1) is 8.27. The van der Waals surface area contributed by atoms with Gasteiger partial charge in [0, 0.05) is 0 Å². The molecule has 0 bridgehead atoms. The van der Waals surface area contributed by atoms with E-state index in [0.29, 0.717) is 0 Å². The predicted molar refractivity (Wildman–Crippen MR) is 67.8 cm³/mol. The molecule has 2 N–H and O–H groups in total. The maximum Gasteiger partial charge on any atom is 0.257 e. The van der Waals surface area contributed by atoms with Crippen LogP contribution in [0.25, 0.3) is 0 Å². The summed E-state index contributed by atoms with van der Waals surface area (Å²) in [6.45, 7) is 2.80. The molecule has 1 heterocycles. The summed E-state index contributed by atoms with van der Waals surface area (Å²) in [7, 11) is 0. The van der Waals surface area contributed by atoms with Crippen LogP contribution in [0.4, 0.5) is 0 Å². The molecule has 0 spiro atoms. The van der Waals surface area contributed by atoms with Crippen molar-refractivity contribution in [2.75, 3.05) is 6.54 Å². The predicted octanol–water partition coefficient (Wildman–Crippen LogP) is 1.28. The average molecular weight is 231 g/mol. The van der Waals surface area contributed by atoms with Crippen LogP contribution in [0.3, 0.4) is 0 Å². The summed E-state index contributed by atoms with van der Waals surface area (Å²) in [5.41, 5.74) is 4.45. The lowest BCUT2D eigenvalue weighted by Crippen LogP contribution is -2.38. The first-order valence-electron chi connectivity index (χ1n) is 5.90. The highest BCUT2D eigenvalue weighted by Gasteiger charge is 2.21. The van der Waals surface area contributed by atoms with E-state index in [1.54, 1.807) is 0 Å². The molecule has 4 nitrogen and oxygen atoms in total. The molecular formula is C13H17N3O. The van der Waals surface area contributed by atoms with Crippen molar-refractivity contribution < 1.29 is 4.79 Å². The van der Waals surface area contributed by atoms with E-state index in [2.05, 4.69) is 15.8 Å². The lowest BCUT2D eigenvalue weighted by molar-refractivity contribution is -0.122. The zero-order valence-corrected chi connectivity index (χ0v) is 9.94. The van der Waals surface area contributed by atoms with E-state index in [1.165, 1.54) is 0 Å². The van der Waals surface area contributed by atoms with E-state index in [9.17, 15) is 4.79 Å². The monoisotopic (exact) mass is 231 g/mol. The van der Waals surface area contributed by atoms with Crippen LogP contribution in [-0.4, -0.2) is 24.2 Å². The summed E-state index contributed by atoms with van der Waals surface area (Å²) >= 11 is 0. The molecule has 0 saturated carbocycles. The number of hydrogen-bond acceptors (Lipinski definition) is 3. The van der Waals surface area contributed by atoms with Gasteiger partial charge < -0.3 is 5.32 Å². The molecular weight excluding hydrogens is 214 g/mol. The highest BCUT2D eigenvalue weighted by Crippen LogP contribution is 2.05. The summed E-state index contributed by atoms with van der Waals surface area (Å²) < 4.78 is 0. The maximum atomic E-state index is 11.7. The Labute approximate surface area is 101 Å². The third-order valence-corrected chi connectivity index (χ3v) is 2.90. The van der Waals surface area contributed by atoms with Crippen LogP contribution in [0.15, 0.2) is 35.4 Å². The summed E-state index contributed by atoms with van der Waals surface area (Å²) in [6.07, 6.45) is 1.95. The minimum Gasteiger partial charge on any atom is -0.306 e. The third kappa shape index (κ3) is 3.14. The molecule has 4 heteroatoms. The lowest BCUT2D eigenvalue weighted by atomic mass is 10.1. The molecule has 0 aliphatic carbocycles. The fourth-order valence-electron chi connectivity index (χ4n) is 1.87. The van der Waals surface area contributed by atoms with Gasteiger partial charge in [0.25, 0.3) is 5.91 Å². The van der Waals surface area contributed by atoms with E-state index in [-0.39, 0.29) is 11.9 Å². The minimum absolute atomic E-state index is 0.0437. The summed E-state index contributed by atoms with van der Waals surface area (Å²) in [4.78, 5) is 11.7. The van der Waals surface area contributed by atoms with Gasteiger partial charge in [0.05, 0.1) is 11.8 Å². The van der Waals surface area contributed by atoms with Crippen LogP contribution in [0.1, 0.15) is 25.3 Å². The van der Waals surface area contributed by atoms with Crippen LogP contribution in [0, 0.1) is 0 Å². The van der Waals surface area contributed by atoms with E-state index in [0.717, 1.165) is 30.7 Å². The van der Waals surface area contributed by atoms with Gasteiger partial charge in [0.1, 0.15) is 0 Å². The lowest BCUT2D eigenvalue weighted by Gasteiger charge is -2.08. The van der Waals surface area contributed by atoms with Gasteiger partial charge in [-0.3, -0.25) is 4.79 Å². The second kappa shape index (κ2) is 5.59. The Bertz CT molecular complexity index is 408.